The molecular formula is C21H18N6O2. The highest BCUT2D eigenvalue weighted by Gasteiger charge is 2.17. The molecule has 0 unspecified atom stereocenters. The van der Waals surface area contributed by atoms with Crippen LogP contribution in [0, 0.1) is 6.92 Å². The Morgan fingerprint density at radius 2 is 1.93 bits per heavy atom. The van der Waals surface area contributed by atoms with Crippen molar-refractivity contribution >= 4 is 11.6 Å². The Kier molecular flexibility index (Phi) is 4.98. The molecule has 0 aliphatic rings. The first kappa shape index (κ1) is 18.3. The van der Waals surface area contributed by atoms with Crippen LogP contribution in [0.5, 0.6) is 5.75 Å². The maximum atomic E-state index is 13.2. The molecule has 8 heteroatoms. The van der Waals surface area contributed by atoms with E-state index < -0.39 is 0 Å². The number of ether oxygens (including phenoxy) is 1. The fourth-order valence-electron chi connectivity index (χ4n) is 3.09. The summed E-state index contributed by atoms with van der Waals surface area (Å²) in [5.41, 5.74) is 4.15. The van der Waals surface area contributed by atoms with E-state index in [2.05, 4.69) is 25.8 Å². The highest BCUT2D eigenvalue weighted by atomic mass is 16.5. The molecule has 144 valence electrons. The van der Waals surface area contributed by atoms with Crippen molar-refractivity contribution < 1.29 is 9.53 Å². The van der Waals surface area contributed by atoms with Crippen LogP contribution >= 0.6 is 0 Å². The molecule has 0 saturated heterocycles. The monoisotopic (exact) mass is 386 g/mol. The lowest BCUT2D eigenvalue weighted by atomic mass is 9.99. The van der Waals surface area contributed by atoms with Crippen LogP contribution in [0.2, 0.25) is 0 Å². The SMILES string of the molecule is COc1cc(NC(=O)c2c(-c3ccccc3)ccnc2C)cc(-n2cnnn2)c1. The maximum Gasteiger partial charge on any atom is 0.258 e. The van der Waals surface area contributed by atoms with Gasteiger partial charge in [0, 0.05) is 24.0 Å². The Bertz CT molecular complexity index is 1140. The van der Waals surface area contributed by atoms with Crippen LogP contribution < -0.4 is 10.1 Å². The Hall–Kier alpha value is -4.07. The van der Waals surface area contributed by atoms with Gasteiger partial charge in [0.2, 0.25) is 0 Å². The molecular weight excluding hydrogens is 368 g/mol. The van der Waals surface area contributed by atoms with Gasteiger partial charge in [-0.1, -0.05) is 30.3 Å². The van der Waals surface area contributed by atoms with E-state index in [0.29, 0.717) is 28.4 Å². The number of carbonyl (C=O) groups is 1. The van der Waals surface area contributed by atoms with E-state index in [0.717, 1.165) is 11.1 Å². The van der Waals surface area contributed by atoms with Crippen LogP contribution in [0.3, 0.4) is 0 Å². The third-order valence-corrected chi connectivity index (χ3v) is 4.45. The van der Waals surface area contributed by atoms with Gasteiger partial charge in [-0.3, -0.25) is 9.78 Å². The fourth-order valence-corrected chi connectivity index (χ4v) is 3.09. The second kappa shape index (κ2) is 7.89. The van der Waals surface area contributed by atoms with Crippen molar-refractivity contribution in [1.29, 1.82) is 0 Å². The maximum absolute atomic E-state index is 13.2. The topological polar surface area (TPSA) is 94.8 Å². The smallest absolute Gasteiger partial charge is 0.258 e. The van der Waals surface area contributed by atoms with Gasteiger partial charge in [-0.2, -0.15) is 0 Å². The summed E-state index contributed by atoms with van der Waals surface area (Å²) in [4.78, 5) is 17.5. The second-order valence-corrected chi connectivity index (χ2v) is 6.31. The van der Waals surface area contributed by atoms with E-state index >= 15 is 0 Å². The fraction of sp³-hybridized carbons (Fsp3) is 0.0952. The number of rotatable bonds is 5. The van der Waals surface area contributed by atoms with Crippen molar-refractivity contribution in [2.75, 3.05) is 12.4 Å². The van der Waals surface area contributed by atoms with Crippen molar-refractivity contribution in [3.8, 4) is 22.6 Å². The highest BCUT2D eigenvalue weighted by molar-refractivity contribution is 6.09. The molecule has 0 spiro atoms. The number of hydrogen-bond donors (Lipinski definition) is 1. The first-order chi connectivity index (χ1) is 14.2. The van der Waals surface area contributed by atoms with E-state index in [1.54, 1.807) is 31.5 Å². The number of amides is 1. The average Bonchev–Trinajstić information content (AvgIpc) is 3.29. The molecule has 0 radical (unpaired) electrons. The van der Waals surface area contributed by atoms with E-state index in [1.807, 2.05) is 43.3 Å². The molecule has 0 fully saturated rings. The third kappa shape index (κ3) is 3.81. The molecule has 1 amide bonds. The number of anilines is 1. The van der Waals surface area contributed by atoms with Crippen molar-refractivity contribution in [1.82, 2.24) is 25.2 Å². The molecule has 0 aliphatic carbocycles. The number of aryl methyl sites for hydroxylation is 1. The summed E-state index contributed by atoms with van der Waals surface area (Å²) in [6.07, 6.45) is 3.18. The van der Waals surface area contributed by atoms with Crippen LogP contribution in [0.1, 0.15) is 16.1 Å². The van der Waals surface area contributed by atoms with E-state index in [1.165, 1.54) is 11.0 Å². The number of carbonyl (C=O) groups excluding carboxylic acids is 1. The highest BCUT2D eigenvalue weighted by Crippen LogP contribution is 2.27. The largest absolute Gasteiger partial charge is 0.497 e. The van der Waals surface area contributed by atoms with Gasteiger partial charge in [-0.15, -0.1) is 5.10 Å². The first-order valence-electron chi connectivity index (χ1n) is 8.90. The molecule has 0 bridgehead atoms. The van der Waals surface area contributed by atoms with Crippen LogP contribution in [-0.2, 0) is 0 Å². The Labute approximate surface area is 167 Å². The van der Waals surface area contributed by atoms with Gasteiger partial charge < -0.3 is 10.1 Å². The molecule has 0 atom stereocenters. The van der Waals surface area contributed by atoms with E-state index in [4.69, 9.17) is 4.74 Å². The quantitative estimate of drug-likeness (QED) is 0.566. The minimum absolute atomic E-state index is 0.259. The van der Waals surface area contributed by atoms with Gasteiger partial charge in [0.15, 0.2) is 0 Å². The van der Waals surface area contributed by atoms with Gasteiger partial charge in [0.1, 0.15) is 12.1 Å². The van der Waals surface area contributed by atoms with Gasteiger partial charge in [0.05, 0.1) is 24.1 Å². The molecule has 4 aromatic rings. The lowest BCUT2D eigenvalue weighted by Crippen LogP contribution is -2.16. The summed E-state index contributed by atoms with van der Waals surface area (Å²) >= 11 is 0. The number of hydrogen-bond acceptors (Lipinski definition) is 6. The van der Waals surface area contributed by atoms with Crippen molar-refractivity contribution in [3.05, 3.63) is 78.4 Å². The van der Waals surface area contributed by atoms with Gasteiger partial charge >= 0.3 is 0 Å². The molecule has 8 nitrogen and oxygen atoms in total. The van der Waals surface area contributed by atoms with Crippen LogP contribution in [-0.4, -0.2) is 38.2 Å². The molecule has 1 N–H and O–H groups in total. The number of methoxy groups -OCH3 is 1. The molecule has 2 heterocycles. The Morgan fingerprint density at radius 3 is 2.66 bits per heavy atom. The minimum Gasteiger partial charge on any atom is -0.497 e. The van der Waals surface area contributed by atoms with Gasteiger partial charge in [-0.25, -0.2) is 4.68 Å². The zero-order valence-corrected chi connectivity index (χ0v) is 15.9. The standard InChI is InChI=1S/C21H18N6O2/c1-14-20(19(8-9-22-14)15-6-4-3-5-7-15)21(28)24-16-10-17(12-18(11-16)29-2)27-13-23-25-26-27/h3-13H,1-2H3,(H,24,28). The van der Waals surface area contributed by atoms with Crippen molar-refractivity contribution in [2.24, 2.45) is 0 Å². The zero-order chi connectivity index (χ0) is 20.2. The summed E-state index contributed by atoms with van der Waals surface area (Å²) in [7, 11) is 1.56. The van der Waals surface area contributed by atoms with Crippen LogP contribution in [0.25, 0.3) is 16.8 Å². The predicted molar refractivity (Wildman–Crippen MR) is 108 cm³/mol. The van der Waals surface area contributed by atoms with Gasteiger partial charge in [-0.05, 0) is 40.6 Å². The Morgan fingerprint density at radius 1 is 1.10 bits per heavy atom. The third-order valence-electron chi connectivity index (χ3n) is 4.45. The Balaban J connectivity index is 1.72. The summed E-state index contributed by atoms with van der Waals surface area (Å²) in [6, 6.07) is 16.9. The molecule has 2 aromatic heterocycles. The molecule has 0 saturated carbocycles. The predicted octanol–water partition coefficient (Wildman–Crippen LogP) is 3.29. The number of aromatic nitrogens is 5. The molecule has 2 aromatic carbocycles. The van der Waals surface area contributed by atoms with Gasteiger partial charge in [0.25, 0.3) is 5.91 Å². The number of pyridine rings is 1. The minimum atomic E-state index is -0.259. The average molecular weight is 386 g/mol. The van der Waals surface area contributed by atoms with Crippen molar-refractivity contribution in [2.45, 2.75) is 6.92 Å². The first-order valence-corrected chi connectivity index (χ1v) is 8.90. The zero-order valence-electron chi connectivity index (χ0n) is 15.9. The van der Waals surface area contributed by atoms with Crippen LogP contribution in [0.4, 0.5) is 5.69 Å². The summed E-state index contributed by atoms with van der Waals surface area (Å²) in [6.45, 7) is 1.82. The molecule has 4 rings (SSSR count). The number of nitrogens with one attached hydrogen (secondary N) is 1. The normalized spacial score (nSPS) is 10.6. The van der Waals surface area contributed by atoms with Crippen molar-refractivity contribution in [3.63, 3.8) is 0 Å². The lowest BCUT2D eigenvalue weighted by Gasteiger charge is -2.14. The van der Waals surface area contributed by atoms with Crippen LogP contribution in [0.15, 0.2) is 67.1 Å². The molecule has 29 heavy (non-hydrogen) atoms. The number of nitrogens with zero attached hydrogens (tertiary/aromatic N) is 5. The van der Waals surface area contributed by atoms with E-state index in [-0.39, 0.29) is 5.91 Å². The molecule has 0 aliphatic heterocycles. The number of benzene rings is 2. The van der Waals surface area contributed by atoms with E-state index in [9.17, 15) is 4.79 Å². The second-order valence-electron chi connectivity index (χ2n) is 6.31. The summed E-state index contributed by atoms with van der Waals surface area (Å²) < 4.78 is 6.84. The lowest BCUT2D eigenvalue weighted by molar-refractivity contribution is 0.102. The summed E-state index contributed by atoms with van der Waals surface area (Å²) in [5.74, 6) is 0.310. The number of tetrazole rings is 1. The summed E-state index contributed by atoms with van der Waals surface area (Å²) in [5, 5.41) is 14.1.